The van der Waals surface area contributed by atoms with Gasteiger partial charge in [-0.2, -0.15) is 4.39 Å². The van der Waals surface area contributed by atoms with Crippen LogP contribution in [0.15, 0.2) is 0 Å². The van der Waals surface area contributed by atoms with Crippen LogP contribution in [0.3, 0.4) is 0 Å². The lowest BCUT2D eigenvalue weighted by atomic mass is 10.4. The molecule has 2 atom stereocenters. The van der Waals surface area contributed by atoms with Crippen LogP contribution < -0.4 is 0 Å². The summed E-state index contributed by atoms with van der Waals surface area (Å²) in [5.41, 5.74) is 0. The molecule has 0 radical (unpaired) electrons. The van der Waals surface area contributed by atoms with Crippen molar-refractivity contribution >= 4 is 6.16 Å². The van der Waals surface area contributed by atoms with Crippen molar-refractivity contribution in [3.8, 4) is 0 Å². The summed E-state index contributed by atoms with van der Waals surface area (Å²) < 4.78 is 49.2. The number of carboxylic acid groups (broad SMARTS) is 1. The van der Waals surface area contributed by atoms with Crippen molar-refractivity contribution in [3.63, 3.8) is 0 Å². The van der Waals surface area contributed by atoms with Gasteiger partial charge in [-0.15, -0.1) is 0 Å². The second kappa shape index (κ2) is 3.99. The normalized spacial score (nSPS) is 16.1. The lowest BCUT2D eigenvalue weighted by Crippen LogP contribution is -2.29. The Morgan fingerprint density at radius 3 is 2.00 bits per heavy atom. The number of rotatable bonds is 3. The average molecular weight is 176 g/mol. The average Bonchev–Trinajstić information content (AvgIpc) is 1.84. The summed E-state index contributed by atoms with van der Waals surface area (Å²) >= 11 is 0. The summed E-state index contributed by atoms with van der Waals surface area (Å²) in [4.78, 5) is 9.46. The Labute approximate surface area is 58.6 Å². The summed E-state index contributed by atoms with van der Waals surface area (Å²) in [6.07, 6.45) is -12.1. The van der Waals surface area contributed by atoms with Crippen LogP contribution in [0.25, 0.3) is 0 Å². The van der Waals surface area contributed by atoms with Crippen molar-refractivity contribution in [1.82, 2.24) is 0 Å². The molecule has 0 spiro atoms. The van der Waals surface area contributed by atoms with Gasteiger partial charge in [0.1, 0.15) is 0 Å². The topological polar surface area (TPSA) is 46.5 Å². The lowest BCUT2D eigenvalue weighted by molar-refractivity contribution is -0.105. The molecule has 1 N–H and O–H groups in total. The highest BCUT2D eigenvalue weighted by molar-refractivity contribution is 5.56. The zero-order valence-corrected chi connectivity index (χ0v) is 5.01. The summed E-state index contributed by atoms with van der Waals surface area (Å²) in [6, 6.07) is 0. The first kappa shape index (κ1) is 9.99. The van der Waals surface area contributed by atoms with Crippen LogP contribution in [-0.4, -0.2) is 30.2 Å². The van der Waals surface area contributed by atoms with Crippen molar-refractivity contribution in [2.45, 2.75) is 19.0 Å². The van der Waals surface area contributed by atoms with E-state index in [2.05, 4.69) is 4.74 Å². The Morgan fingerprint density at radius 1 is 1.27 bits per heavy atom. The molecule has 7 heteroatoms. The van der Waals surface area contributed by atoms with Crippen LogP contribution in [0.2, 0.25) is 0 Å². The molecular formula is C4H4F4O3. The number of carbonyl (C=O) groups is 1. The minimum Gasteiger partial charge on any atom is -0.450 e. The number of hydrogen-bond donors (Lipinski definition) is 1. The molecule has 0 aromatic rings. The van der Waals surface area contributed by atoms with Crippen LogP contribution in [-0.2, 0) is 4.74 Å². The fraction of sp³-hybridized carbons (Fsp3) is 0.750. The Kier molecular flexibility index (Phi) is 3.63. The summed E-state index contributed by atoms with van der Waals surface area (Å²) in [5, 5.41) is 7.64. The maximum Gasteiger partial charge on any atom is 0.508 e. The summed E-state index contributed by atoms with van der Waals surface area (Å²) in [6.45, 7) is 0. The number of hydrogen-bond acceptors (Lipinski definition) is 2. The predicted octanol–water partition coefficient (Wildman–Crippen LogP) is 1.58. The molecule has 0 aromatic heterocycles. The molecule has 0 aromatic carbocycles. The van der Waals surface area contributed by atoms with Crippen LogP contribution in [0.1, 0.15) is 0 Å². The van der Waals surface area contributed by atoms with Gasteiger partial charge in [-0.05, 0) is 0 Å². The van der Waals surface area contributed by atoms with E-state index in [0.29, 0.717) is 0 Å². The van der Waals surface area contributed by atoms with Crippen molar-refractivity contribution < 1.29 is 32.2 Å². The van der Waals surface area contributed by atoms with Gasteiger partial charge in [0.15, 0.2) is 0 Å². The van der Waals surface area contributed by atoms with E-state index in [9.17, 15) is 22.4 Å². The van der Waals surface area contributed by atoms with Gasteiger partial charge in [0.25, 0.3) is 12.8 Å². The monoisotopic (exact) mass is 176 g/mol. The first-order chi connectivity index (χ1) is 4.95. The minimum absolute atomic E-state index is 2.14. The molecule has 0 fully saturated rings. The molecule has 0 amide bonds. The van der Waals surface area contributed by atoms with E-state index in [0.717, 1.165) is 0 Å². The Hall–Kier alpha value is -1.01. The van der Waals surface area contributed by atoms with Crippen LogP contribution in [0, 0.1) is 0 Å². The van der Waals surface area contributed by atoms with Gasteiger partial charge in [0.2, 0.25) is 6.17 Å². The van der Waals surface area contributed by atoms with Crippen molar-refractivity contribution in [1.29, 1.82) is 0 Å². The van der Waals surface area contributed by atoms with Gasteiger partial charge in [-0.3, -0.25) is 0 Å². The Bertz CT molecular complexity index is 139. The van der Waals surface area contributed by atoms with Gasteiger partial charge < -0.3 is 9.84 Å². The maximum atomic E-state index is 11.8. The predicted molar refractivity (Wildman–Crippen MR) is 24.9 cm³/mol. The quantitative estimate of drug-likeness (QED) is 0.524. The molecule has 0 saturated heterocycles. The van der Waals surface area contributed by atoms with E-state index in [4.69, 9.17) is 5.11 Å². The number of alkyl halides is 4. The highest BCUT2D eigenvalue weighted by Crippen LogP contribution is 2.13. The largest absolute Gasteiger partial charge is 0.508 e. The second-order valence-corrected chi connectivity index (χ2v) is 1.51. The fourth-order valence-corrected chi connectivity index (χ4v) is 0.276. The van der Waals surface area contributed by atoms with E-state index in [1.807, 2.05) is 0 Å². The molecule has 66 valence electrons. The molecule has 11 heavy (non-hydrogen) atoms. The molecule has 0 heterocycles. The standard InChI is InChI=1S/C4H4F4O3/c5-1(2(6)7)3(8)11-4(9)10/h1-3H,(H,9,10). The summed E-state index contributed by atoms with van der Waals surface area (Å²) in [7, 11) is 0. The first-order valence-electron chi connectivity index (χ1n) is 2.41. The molecule has 0 saturated carbocycles. The highest BCUT2D eigenvalue weighted by atomic mass is 19.3. The third-order valence-electron chi connectivity index (χ3n) is 0.704. The summed E-state index contributed by atoms with van der Waals surface area (Å²) in [5.74, 6) is 0. The van der Waals surface area contributed by atoms with E-state index >= 15 is 0 Å². The zero-order valence-electron chi connectivity index (χ0n) is 5.01. The number of halogens is 4. The van der Waals surface area contributed by atoms with Gasteiger partial charge >= 0.3 is 6.16 Å². The third kappa shape index (κ3) is 3.64. The maximum absolute atomic E-state index is 11.8. The van der Waals surface area contributed by atoms with Gasteiger partial charge in [0.05, 0.1) is 0 Å². The molecule has 2 unspecified atom stereocenters. The third-order valence-corrected chi connectivity index (χ3v) is 0.704. The smallest absolute Gasteiger partial charge is 0.450 e. The Morgan fingerprint density at radius 2 is 1.73 bits per heavy atom. The van der Waals surface area contributed by atoms with Crippen LogP contribution in [0.4, 0.5) is 22.4 Å². The van der Waals surface area contributed by atoms with Crippen LogP contribution in [0.5, 0.6) is 0 Å². The van der Waals surface area contributed by atoms with Crippen molar-refractivity contribution in [2.24, 2.45) is 0 Å². The van der Waals surface area contributed by atoms with E-state index in [1.165, 1.54) is 0 Å². The van der Waals surface area contributed by atoms with Gasteiger partial charge in [-0.1, -0.05) is 0 Å². The SMILES string of the molecule is O=C(O)OC(F)C(F)C(F)F. The fourth-order valence-electron chi connectivity index (χ4n) is 0.276. The zero-order chi connectivity index (χ0) is 9.02. The molecule has 3 nitrogen and oxygen atoms in total. The second-order valence-electron chi connectivity index (χ2n) is 1.51. The van der Waals surface area contributed by atoms with Gasteiger partial charge in [0, 0.05) is 0 Å². The Balaban J connectivity index is 3.82. The lowest BCUT2D eigenvalue weighted by Gasteiger charge is -2.10. The molecule has 0 rings (SSSR count). The van der Waals surface area contributed by atoms with Crippen molar-refractivity contribution in [3.05, 3.63) is 0 Å². The highest BCUT2D eigenvalue weighted by Gasteiger charge is 2.32. The van der Waals surface area contributed by atoms with Gasteiger partial charge in [-0.25, -0.2) is 18.0 Å². The van der Waals surface area contributed by atoms with E-state index in [1.54, 1.807) is 0 Å². The minimum atomic E-state index is -3.59. The molecule has 0 bridgehead atoms. The van der Waals surface area contributed by atoms with Crippen molar-refractivity contribution in [2.75, 3.05) is 0 Å². The first-order valence-corrected chi connectivity index (χ1v) is 2.41. The molecular weight excluding hydrogens is 172 g/mol. The molecule has 0 aliphatic carbocycles. The van der Waals surface area contributed by atoms with Crippen LogP contribution >= 0.6 is 0 Å². The van der Waals surface area contributed by atoms with E-state index in [-0.39, 0.29) is 0 Å². The number of ether oxygens (including phenoxy) is 1. The molecule has 0 aliphatic rings. The molecule has 0 aliphatic heterocycles. The van der Waals surface area contributed by atoms with E-state index < -0.39 is 25.1 Å².